The Bertz CT molecular complexity index is 1200. The molecular formula is C23H30N8O2. The van der Waals surface area contributed by atoms with Gasteiger partial charge in [0.05, 0.1) is 0 Å². The van der Waals surface area contributed by atoms with Gasteiger partial charge in [0.1, 0.15) is 5.65 Å². The third kappa shape index (κ3) is 4.95. The van der Waals surface area contributed by atoms with Gasteiger partial charge >= 0.3 is 0 Å². The lowest BCUT2D eigenvalue weighted by Crippen LogP contribution is -2.55. The third-order valence-corrected chi connectivity index (χ3v) is 6.10. The van der Waals surface area contributed by atoms with Crippen molar-refractivity contribution in [1.82, 2.24) is 34.1 Å². The number of hydrogen-bond acceptors (Lipinski definition) is 7. The number of hydrogen-bond donors (Lipinski definition) is 1. The van der Waals surface area contributed by atoms with Crippen molar-refractivity contribution < 1.29 is 4.79 Å². The summed E-state index contributed by atoms with van der Waals surface area (Å²) in [5.74, 6) is 1.02. The summed E-state index contributed by atoms with van der Waals surface area (Å²) in [6.45, 7) is 11.8. The van der Waals surface area contributed by atoms with Crippen LogP contribution in [0.5, 0.6) is 0 Å². The average Bonchev–Trinajstić information content (AvgIpc) is 3.30. The maximum Gasteiger partial charge on any atom is 0.252 e. The second-order valence-corrected chi connectivity index (χ2v) is 8.06. The lowest BCUT2D eigenvalue weighted by Gasteiger charge is -2.41. The number of piperazine rings is 1. The van der Waals surface area contributed by atoms with E-state index < -0.39 is 0 Å². The van der Waals surface area contributed by atoms with Crippen LogP contribution in [0.25, 0.3) is 11.0 Å². The second-order valence-electron chi connectivity index (χ2n) is 8.06. The average molecular weight is 451 g/mol. The van der Waals surface area contributed by atoms with Crippen LogP contribution in [-0.4, -0.2) is 72.2 Å². The lowest BCUT2D eigenvalue weighted by molar-refractivity contribution is -0.129. The van der Waals surface area contributed by atoms with Gasteiger partial charge in [-0.25, -0.2) is 4.98 Å². The van der Waals surface area contributed by atoms with Crippen molar-refractivity contribution in [2.75, 3.05) is 31.5 Å². The Morgan fingerprint density at radius 2 is 2.09 bits per heavy atom. The summed E-state index contributed by atoms with van der Waals surface area (Å²) in [7, 11) is 0. The molecular weight excluding hydrogens is 420 g/mol. The predicted octanol–water partition coefficient (Wildman–Crippen LogP) is 1.86. The van der Waals surface area contributed by atoms with Crippen molar-refractivity contribution in [2.24, 2.45) is 0 Å². The van der Waals surface area contributed by atoms with Gasteiger partial charge < -0.3 is 10.2 Å². The molecule has 1 N–H and O–H groups in total. The molecule has 3 aromatic heterocycles. The number of nitrogens with one attached hydrogen (secondary N) is 1. The second kappa shape index (κ2) is 9.95. The number of nitrogens with zero attached hydrogens (tertiary/aromatic N) is 7. The van der Waals surface area contributed by atoms with Crippen molar-refractivity contribution >= 4 is 28.7 Å². The van der Waals surface area contributed by atoms with Crippen LogP contribution in [0.2, 0.25) is 0 Å². The van der Waals surface area contributed by atoms with Crippen LogP contribution in [0.15, 0.2) is 48.0 Å². The molecule has 10 heteroatoms. The number of amides is 1. The molecule has 1 atom stereocenters. The Kier molecular flexibility index (Phi) is 6.83. The van der Waals surface area contributed by atoms with Crippen molar-refractivity contribution in [3.05, 3.63) is 53.6 Å². The molecule has 1 amide bonds. The predicted molar refractivity (Wildman–Crippen MR) is 127 cm³/mol. The zero-order valence-electron chi connectivity index (χ0n) is 19.1. The molecule has 1 fully saturated rings. The van der Waals surface area contributed by atoms with Crippen molar-refractivity contribution in [1.29, 1.82) is 0 Å². The number of pyridine rings is 1. The monoisotopic (exact) mass is 450 g/mol. The molecule has 0 aliphatic carbocycles. The minimum atomic E-state index is -0.101. The Labute approximate surface area is 192 Å². The topological polar surface area (TPSA) is 101 Å². The molecule has 3 aromatic rings. The first-order valence-corrected chi connectivity index (χ1v) is 11.3. The van der Waals surface area contributed by atoms with E-state index in [0.717, 1.165) is 24.9 Å². The number of carbonyl (C=O) groups is 1. The number of aromatic nitrogens is 5. The van der Waals surface area contributed by atoms with Crippen molar-refractivity contribution in [2.45, 2.75) is 39.4 Å². The highest BCUT2D eigenvalue weighted by molar-refractivity contribution is 5.87. The minimum absolute atomic E-state index is 0.0288. The van der Waals surface area contributed by atoms with Crippen LogP contribution in [-0.2, 0) is 17.9 Å². The molecule has 4 heterocycles. The van der Waals surface area contributed by atoms with Crippen LogP contribution in [0.3, 0.4) is 0 Å². The van der Waals surface area contributed by atoms with Crippen LogP contribution < -0.4 is 10.9 Å². The van der Waals surface area contributed by atoms with E-state index in [1.807, 2.05) is 28.8 Å². The largest absolute Gasteiger partial charge is 0.336 e. The number of carbonyl (C=O) groups excluding carboxylic acids is 1. The van der Waals surface area contributed by atoms with E-state index in [1.54, 1.807) is 22.9 Å². The smallest absolute Gasteiger partial charge is 0.252 e. The third-order valence-electron chi connectivity index (χ3n) is 6.10. The molecule has 0 spiro atoms. The molecule has 1 saturated heterocycles. The van der Waals surface area contributed by atoms with Gasteiger partial charge in [-0.3, -0.25) is 23.7 Å². The van der Waals surface area contributed by atoms with Crippen LogP contribution in [0, 0.1) is 0 Å². The zero-order valence-corrected chi connectivity index (χ0v) is 19.1. The summed E-state index contributed by atoms with van der Waals surface area (Å²) in [5.41, 5.74) is 0.486. The number of aryl methyl sites for hydroxylation is 1. The van der Waals surface area contributed by atoms with Gasteiger partial charge in [0, 0.05) is 75.2 Å². The van der Waals surface area contributed by atoms with E-state index in [-0.39, 0.29) is 17.5 Å². The SMILES string of the molecule is C=CC(=O)N1CCN(CCn2c(=O)ccc3cnc(Nc4ccn(CC)n4)nc32)[C@@H](CC)C1. The summed E-state index contributed by atoms with van der Waals surface area (Å²) >= 11 is 0. The maximum absolute atomic E-state index is 12.7. The molecule has 0 unspecified atom stereocenters. The minimum Gasteiger partial charge on any atom is -0.336 e. The van der Waals surface area contributed by atoms with Crippen LogP contribution in [0.4, 0.5) is 11.8 Å². The summed E-state index contributed by atoms with van der Waals surface area (Å²) in [4.78, 5) is 37.9. The Morgan fingerprint density at radius 1 is 1.24 bits per heavy atom. The highest BCUT2D eigenvalue weighted by Gasteiger charge is 2.27. The molecule has 10 nitrogen and oxygen atoms in total. The molecule has 0 bridgehead atoms. The molecule has 0 saturated carbocycles. The Balaban J connectivity index is 1.53. The quantitative estimate of drug-likeness (QED) is 0.523. The maximum atomic E-state index is 12.7. The van der Waals surface area contributed by atoms with Gasteiger partial charge in [0.2, 0.25) is 11.9 Å². The summed E-state index contributed by atoms with van der Waals surface area (Å²) < 4.78 is 3.51. The van der Waals surface area contributed by atoms with E-state index in [1.165, 1.54) is 6.08 Å². The van der Waals surface area contributed by atoms with Crippen LogP contribution in [0.1, 0.15) is 20.3 Å². The standard InChI is InChI=1S/C23H30N8O2/c1-4-18-16-29(20(32)5-2)12-11-28(18)13-14-31-21(33)8-7-17-15-24-23(26-22(17)31)25-19-9-10-30(6-3)27-19/h5,7-10,15,18H,2,4,6,11-14,16H2,1,3H3,(H,24,25,26,27)/t18-/m0/s1. The summed E-state index contributed by atoms with van der Waals surface area (Å²) in [6, 6.07) is 5.41. The van der Waals surface area contributed by atoms with E-state index in [2.05, 4.69) is 38.8 Å². The normalized spacial score (nSPS) is 16.8. The number of fused-ring (bicyclic) bond motifs is 1. The molecule has 0 radical (unpaired) electrons. The molecule has 1 aliphatic heterocycles. The number of anilines is 2. The molecule has 1 aliphatic rings. The first kappa shape index (κ1) is 22.7. The van der Waals surface area contributed by atoms with Gasteiger partial charge in [-0.2, -0.15) is 10.1 Å². The highest BCUT2D eigenvalue weighted by Crippen LogP contribution is 2.16. The van der Waals surface area contributed by atoms with Gasteiger partial charge in [0.15, 0.2) is 5.82 Å². The lowest BCUT2D eigenvalue weighted by atomic mass is 10.1. The first-order valence-electron chi connectivity index (χ1n) is 11.3. The van der Waals surface area contributed by atoms with Gasteiger partial charge in [0.25, 0.3) is 5.56 Å². The molecule has 33 heavy (non-hydrogen) atoms. The molecule has 4 rings (SSSR count). The van der Waals surface area contributed by atoms with E-state index >= 15 is 0 Å². The fraction of sp³-hybridized carbons (Fsp3) is 0.435. The van der Waals surface area contributed by atoms with Gasteiger partial charge in [-0.05, 0) is 25.5 Å². The molecule has 174 valence electrons. The highest BCUT2D eigenvalue weighted by atomic mass is 16.2. The Hall–Kier alpha value is -3.53. The summed E-state index contributed by atoms with van der Waals surface area (Å²) in [5, 5.41) is 8.31. The van der Waals surface area contributed by atoms with E-state index in [0.29, 0.717) is 43.6 Å². The fourth-order valence-electron chi connectivity index (χ4n) is 4.20. The first-order chi connectivity index (χ1) is 16.0. The molecule has 0 aromatic carbocycles. The number of rotatable bonds is 8. The zero-order chi connectivity index (χ0) is 23.4. The van der Waals surface area contributed by atoms with Gasteiger partial charge in [-0.1, -0.05) is 13.5 Å². The van der Waals surface area contributed by atoms with Crippen molar-refractivity contribution in [3.8, 4) is 0 Å². The van der Waals surface area contributed by atoms with Crippen LogP contribution >= 0.6 is 0 Å². The van der Waals surface area contributed by atoms with E-state index in [9.17, 15) is 9.59 Å². The van der Waals surface area contributed by atoms with Gasteiger partial charge in [-0.15, -0.1) is 0 Å². The van der Waals surface area contributed by atoms with Crippen molar-refractivity contribution in [3.63, 3.8) is 0 Å². The fourth-order valence-corrected chi connectivity index (χ4v) is 4.20. The Morgan fingerprint density at radius 3 is 2.82 bits per heavy atom. The van der Waals surface area contributed by atoms with E-state index in [4.69, 9.17) is 0 Å². The summed E-state index contributed by atoms with van der Waals surface area (Å²) in [6.07, 6.45) is 5.89.